The lowest BCUT2D eigenvalue weighted by Gasteiger charge is -2.17. The van der Waals surface area contributed by atoms with E-state index in [1.54, 1.807) is 7.11 Å². The minimum atomic E-state index is 0.245. The molecule has 1 aliphatic heterocycles. The SMILES string of the molecule is COCCN(C)CC1=CC=C(N2CCCC2=O)C=CC1. The molecule has 2 rings (SSSR count). The van der Waals surface area contributed by atoms with Gasteiger partial charge in [0.05, 0.1) is 6.61 Å². The summed E-state index contributed by atoms with van der Waals surface area (Å²) in [4.78, 5) is 15.9. The van der Waals surface area contributed by atoms with Crippen molar-refractivity contribution in [2.45, 2.75) is 19.3 Å². The highest BCUT2D eigenvalue weighted by Crippen LogP contribution is 2.20. The van der Waals surface area contributed by atoms with Crippen molar-refractivity contribution >= 4 is 5.91 Å². The second kappa shape index (κ2) is 7.41. The summed E-state index contributed by atoms with van der Waals surface area (Å²) in [5.41, 5.74) is 2.39. The fourth-order valence-corrected chi connectivity index (χ4v) is 2.55. The molecule has 20 heavy (non-hydrogen) atoms. The molecule has 0 atom stereocenters. The van der Waals surface area contributed by atoms with Crippen LogP contribution in [0, 0.1) is 0 Å². The van der Waals surface area contributed by atoms with Gasteiger partial charge in [0.2, 0.25) is 5.91 Å². The molecule has 0 aromatic heterocycles. The first-order valence-corrected chi connectivity index (χ1v) is 7.25. The van der Waals surface area contributed by atoms with E-state index in [2.05, 4.69) is 36.3 Å². The van der Waals surface area contributed by atoms with Crippen LogP contribution in [0.5, 0.6) is 0 Å². The van der Waals surface area contributed by atoms with Gasteiger partial charge >= 0.3 is 0 Å². The number of nitrogens with zero attached hydrogens (tertiary/aromatic N) is 2. The van der Waals surface area contributed by atoms with Crippen LogP contribution >= 0.6 is 0 Å². The summed E-state index contributed by atoms with van der Waals surface area (Å²) in [6, 6.07) is 0. The molecule has 0 saturated carbocycles. The van der Waals surface area contributed by atoms with E-state index in [9.17, 15) is 4.79 Å². The molecule has 110 valence electrons. The Morgan fingerprint density at radius 3 is 2.95 bits per heavy atom. The summed E-state index contributed by atoms with van der Waals surface area (Å²) in [5, 5.41) is 0. The van der Waals surface area contributed by atoms with Crippen LogP contribution in [0.3, 0.4) is 0 Å². The van der Waals surface area contributed by atoms with Crippen molar-refractivity contribution in [2.24, 2.45) is 0 Å². The van der Waals surface area contributed by atoms with Crippen LogP contribution in [0.15, 0.2) is 35.6 Å². The predicted molar refractivity (Wildman–Crippen MR) is 80.2 cm³/mol. The maximum Gasteiger partial charge on any atom is 0.227 e. The summed E-state index contributed by atoms with van der Waals surface area (Å²) in [7, 11) is 3.83. The average molecular weight is 276 g/mol. The van der Waals surface area contributed by atoms with Gasteiger partial charge in [-0.3, -0.25) is 4.79 Å². The zero-order valence-electron chi connectivity index (χ0n) is 12.5. The second-order valence-electron chi connectivity index (χ2n) is 5.40. The van der Waals surface area contributed by atoms with E-state index in [4.69, 9.17) is 4.74 Å². The van der Waals surface area contributed by atoms with E-state index < -0.39 is 0 Å². The first-order valence-electron chi connectivity index (χ1n) is 7.25. The average Bonchev–Trinajstić information content (AvgIpc) is 2.72. The third kappa shape index (κ3) is 4.05. The Morgan fingerprint density at radius 1 is 1.40 bits per heavy atom. The number of carbonyl (C=O) groups excluding carboxylic acids is 1. The van der Waals surface area contributed by atoms with Crippen LogP contribution in [-0.2, 0) is 9.53 Å². The molecular weight excluding hydrogens is 252 g/mol. The van der Waals surface area contributed by atoms with Gasteiger partial charge in [0.1, 0.15) is 0 Å². The molecule has 0 bridgehead atoms. The Kier molecular flexibility index (Phi) is 5.56. The van der Waals surface area contributed by atoms with Crippen molar-refractivity contribution in [2.75, 3.05) is 40.4 Å². The topological polar surface area (TPSA) is 32.8 Å². The predicted octanol–water partition coefficient (Wildman–Crippen LogP) is 1.96. The first kappa shape index (κ1) is 15.0. The normalized spacial score (nSPS) is 19.4. The highest BCUT2D eigenvalue weighted by Gasteiger charge is 2.22. The lowest BCUT2D eigenvalue weighted by molar-refractivity contribution is -0.125. The zero-order chi connectivity index (χ0) is 14.4. The number of likely N-dealkylation sites (N-methyl/N-ethyl adjacent to an activating group) is 1. The number of amides is 1. The fourth-order valence-electron chi connectivity index (χ4n) is 2.55. The summed E-state index contributed by atoms with van der Waals surface area (Å²) in [6.45, 7) is 3.47. The zero-order valence-corrected chi connectivity index (χ0v) is 12.5. The molecule has 1 aliphatic carbocycles. The molecule has 0 spiro atoms. The number of hydrogen-bond acceptors (Lipinski definition) is 3. The summed E-state index contributed by atoms with van der Waals surface area (Å²) >= 11 is 0. The van der Waals surface area contributed by atoms with Gasteiger partial charge < -0.3 is 14.5 Å². The van der Waals surface area contributed by atoms with Gasteiger partial charge in [-0.1, -0.05) is 17.7 Å². The standard InChI is InChI=1S/C16H24N2O2/c1-17(11-12-20-2)13-14-5-3-6-15(9-8-14)18-10-4-7-16(18)19/h3,6,8-9H,4-5,7,10-13H2,1-2H3. The molecule has 0 radical (unpaired) electrons. The van der Waals surface area contributed by atoms with Gasteiger partial charge in [-0.05, 0) is 32.0 Å². The number of rotatable bonds is 6. The van der Waals surface area contributed by atoms with Crippen LogP contribution in [0.2, 0.25) is 0 Å². The molecular formula is C16H24N2O2. The van der Waals surface area contributed by atoms with Crippen molar-refractivity contribution < 1.29 is 9.53 Å². The first-order chi connectivity index (χ1) is 9.70. The maximum atomic E-state index is 11.8. The van der Waals surface area contributed by atoms with E-state index in [1.165, 1.54) is 5.57 Å². The number of hydrogen-bond donors (Lipinski definition) is 0. The maximum absolute atomic E-state index is 11.8. The van der Waals surface area contributed by atoms with E-state index in [-0.39, 0.29) is 5.91 Å². The molecule has 4 nitrogen and oxygen atoms in total. The monoisotopic (exact) mass is 276 g/mol. The Balaban J connectivity index is 1.96. The molecule has 1 heterocycles. The van der Waals surface area contributed by atoms with Gasteiger partial charge in [0.25, 0.3) is 0 Å². The van der Waals surface area contributed by atoms with Crippen molar-refractivity contribution in [1.82, 2.24) is 9.80 Å². The minimum Gasteiger partial charge on any atom is -0.383 e. The third-order valence-electron chi connectivity index (χ3n) is 3.69. The van der Waals surface area contributed by atoms with Crippen molar-refractivity contribution in [3.63, 3.8) is 0 Å². The van der Waals surface area contributed by atoms with Crippen LogP contribution in [0.1, 0.15) is 19.3 Å². The van der Waals surface area contributed by atoms with Gasteiger partial charge in [0, 0.05) is 38.9 Å². The molecule has 1 fully saturated rings. The third-order valence-corrected chi connectivity index (χ3v) is 3.69. The van der Waals surface area contributed by atoms with Crippen molar-refractivity contribution in [3.05, 3.63) is 35.6 Å². The number of likely N-dealkylation sites (tertiary alicyclic amines) is 1. The minimum absolute atomic E-state index is 0.245. The number of methoxy groups -OCH3 is 1. The number of ether oxygens (including phenoxy) is 1. The van der Waals surface area contributed by atoms with E-state index in [1.807, 2.05) is 4.90 Å². The highest BCUT2D eigenvalue weighted by molar-refractivity contribution is 5.80. The Hall–Kier alpha value is -1.39. The molecule has 0 aromatic carbocycles. The highest BCUT2D eigenvalue weighted by atomic mass is 16.5. The smallest absolute Gasteiger partial charge is 0.227 e. The quantitative estimate of drug-likeness (QED) is 0.743. The van der Waals surface area contributed by atoms with Crippen molar-refractivity contribution in [1.29, 1.82) is 0 Å². The van der Waals surface area contributed by atoms with Gasteiger partial charge in [-0.25, -0.2) is 0 Å². The second-order valence-corrected chi connectivity index (χ2v) is 5.40. The molecule has 1 saturated heterocycles. The van der Waals surface area contributed by atoms with Crippen LogP contribution < -0.4 is 0 Å². The Labute approximate surface area is 121 Å². The summed E-state index contributed by atoms with van der Waals surface area (Å²) in [5.74, 6) is 0.245. The molecule has 0 N–H and O–H groups in total. The van der Waals surface area contributed by atoms with E-state index in [0.29, 0.717) is 6.42 Å². The van der Waals surface area contributed by atoms with Gasteiger partial charge in [0.15, 0.2) is 0 Å². The number of carbonyl (C=O) groups is 1. The van der Waals surface area contributed by atoms with Crippen LogP contribution in [0.25, 0.3) is 0 Å². The summed E-state index contributed by atoms with van der Waals surface area (Å²) < 4.78 is 5.09. The van der Waals surface area contributed by atoms with E-state index >= 15 is 0 Å². The van der Waals surface area contributed by atoms with Crippen LogP contribution in [-0.4, -0.2) is 56.1 Å². The molecule has 0 unspecified atom stereocenters. The molecule has 0 aromatic rings. The Morgan fingerprint density at radius 2 is 2.25 bits per heavy atom. The van der Waals surface area contributed by atoms with Crippen LogP contribution in [0.4, 0.5) is 0 Å². The lowest BCUT2D eigenvalue weighted by Crippen LogP contribution is -2.25. The van der Waals surface area contributed by atoms with Crippen molar-refractivity contribution in [3.8, 4) is 0 Å². The van der Waals surface area contributed by atoms with Gasteiger partial charge in [-0.15, -0.1) is 0 Å². The number of allylic oxidation sites excluding steroid dienone is 4. The Bertz CT molecular complexity index is 438. The van der Waals surface area contributed by atoms with Gasteiger partial charge in [-0.2, -0.15) is 0 Å². The molecule has 4 heteroatoms. The van der Waals surface area contributed by atoms with E-state index in [0.717, 1.165) is 44.8 Å². The fraction of sp³-hybridized carbons (Fsp3) is 0.562. The lowest BCUT2D eigenvalue weighted by atomic mass is 10.1. The summed E-state index contributed by atoms with van der Waals surface area (Å²) in [6.07, 6.45) is 11.1. The molecule has 1 amide bonds. The molecule has 2 aliphatic rings. The largest absolute Gasteiger partial charge is 0.383 e.